The Morgan fingerprint density at radius 1 is 1.11 bits per heavy atom. The van der Waals surface area contributed by atoms with Crippen molar-refractivity contribution < 1.29 is 23.8 Å². The Morgan fingerprint density at radius 3 is 2.65 bits per heavy atom. The second kappa shape index (κ2) is 10.5. The van der Waals surface area contributed by atoms with Crippen molar-refractivity contribution in [3.63, 3.8) is 0 Å². The van der Waals surface area contributed by atoms with Gasteiger partial charge in [0.15, 0.2) is 17.2 Å². The summed E-state index contributed by atoms with van der Waals surface area (Å²) in [5.41, 5.74) is 2.23. The minimum atomic E-state index is -0.586. The average Bonchev–Trinajstić information content (AvgIpc) is 3.39. The number of benzene rings is 3. The zero-order chi connectivity index (χ0) is 26.1. The van der Waals surface area contributed by atoms with E-state index in [4.69, 9.17) is 25.8 Å². The lowest BCUT2D eigenvalue weighted by Crippen LogP contribution is -2.09. The smallest absolute Gasteiger partial charge is 0.363 e. The van der Waals surface area contributed by atoms with Crippen molar-refractivity contribution >= 4 is 72.9 Å². The molecule has 37 heavy (non-hydrogen) atoms. The van der Waals surface area contributed by atoms with Crippen LogP contribution in [0.15, 0.2) is 75.8 Å². The van der Waals surface area contributed by atoms with Crippen LogP contribution < -0.4 is 9.47 Å². The fraction of sp³-hybridized carbons (Fsp3) is 0.107. The molecule has 4 aromatic rings. The fourth-order valence-electron chi connectivity index (χ4n) is 3.66. The Bertz CT molecular complexity index is 1610. The second-order valence-corrected chi connectivity index (χ2v) is 10.5. The van der Waals surface area contributed by atoms with Crippen molar-refractivity contribution in [2.24, 2.45) is 4.99 Å². The fourth-order valence-corrected chi connectivity index (χ4v) is 5.65. The first-order valence-corrected chi connectivity index (χ1v) is 13.3. The Hall–Kier alpha value is -3.46. The highest BCUT2D eigenvalue weighted by molar-refractivity contribution is 9.10. The van der Waals surface area contributed by atoms with Crippen LogP contribution in [0.3, 0.4) is 0 Å². The van der Waals surface area contributed by atoms with E-state index >= 15 is 0 Å². The van der Waals surface area contributed by atoms with Crippen molar-refractivity contribution in [3.05, 3.63) is 97.4 Å². The molecule has 0 N–H and O–H groups in total. The topological polar surface area (TPSA) is 74.2 Å². The lowest BCUT2D eigenvalue weighted by molar-refractivity contribution is -0.129. The van der Waals surface area contributed by atoms with Crippen LogP contribution in [0.25, 0.3) is 16.2 Å². The summed E-state index contributed by atoms with van der Waals surface area (Å²) in [5, 5.41) is 1.34. The third-order valence-electron chi connectivity index (χ3n) is 5.47. The van der Waals surface area contributed by atoms with Gasteiger partial charge in [-0.2, -0.15) is 0 Å². The number of halogens is 2. The Balaban J connectivity index is 1.43. The molecule has 0 fully saturated rings. The number of nitrogens with zero attached hydrogens (tertiary/aromatic N) is 1. The molecule has 2 heterocycles. The highest BCUT2D eigenvalue weighted by Crippen LogP contribution is 2.39. The number of hydrogen-bond acceptors (Lipinski definition) is 7. The van der Waals surface area contributed by atoms with Gasteiger partial charge in [-0.3, -0.25) is 0 Å². The van der Waals surface area contributed by atoms with Crippen LogP contribution in [0.1, 0.15) is 33.3 Å². The summed E-state index contributed by atoms with van der Waals surface area (Å²) in [6.45, 7) is 4.13. The summed E-state index contributed by atoms with van der Waals surface area (Å²) in [6, 6.07) is 17.9. The Kier molecular flexibility index (Phi) is 7.15. The Morgan fingerprint density at radius 2 is 1.89 bits per heavy atom. The van der Waals surface area contributed by atoms with Gasteiger partial charge in [0.2, 0.25) is 5.90 Å². The second-order valence-electron chi connectivity index (χ2n) is 8.12. The minimum absolute atomic E-state index is 0.122. The zero-order valence-electron chi connectivity index (χ0n) is 19.7. The standard InChI is InChI=1S/C28H19BrClNO5S/c1-3-34-22-13-16(6-11-21(22)35-27(32)17-7-4-15(2)5-8-17)12-20-28(33)36-26(31-20)25-24(30)19-10-9-18(29)14-23(19)37-25/h4-14H,3H2,1-2H3/b20-12+. The molecular weight excluding hydrogens is 578 g/mol. The van der Waals surface area contributed by atoms with E-state index in [9.17, 15) is 9.59 Å². The van der Waals surface area contributed by atoms with E-state index in [1.165, 1.54) is 11.3 Å². The summed E-state index contributed by atoms with van der Waals surface area (Å²) in [7, 11) is 0. The summed E-state index contributed by atoms with van der Waals surface area (Å²) in [6.07, 6.45) is 1.58. The molecule has 1 aliphatic heterocycles. The molecule has 6 nitrogen and oxygen atoms in total. The molecule has 0 spiro atoms. The molecule has 5 rings (SSSR count). The number of aryl methyl sites for hydroxylation is 1. The van der Waals surface area contributed by atoms with E-state index in [0.29, 0.717) is 33.4 Å². The van der Waals surface area contributed by atoms with Gasteiger partial charge in [0.1, 0.15) is 4.88 Å². The van der Waals surface area contributed by atoms with Gasteiger partial charge < -0.3 is 14.2 Å². The highest BCUT2D eigenvalue weighted by atomic mass is 79.9. The van der Waals surface area contributed by atoms with E-state index in [-0.39, 0.29) is 17.3 Å². The van der Waals surface area contributed by atoms with Gasteiger partial charge in [0, 0.05) is 14.6 Å². The van der Waals surface area contributed by atoms with Crippen LogP contribution in [0, 0.1) is 6.92 Å². The molecule has 1 aromatic heterocycles. The van der Waals surface area contributed by atoms with Gasteiger partial charge in [-0.1, -0.05) is 57.4 Å². The number of carbonyl (C=O) groups is 2. The van der Waals surface area contributed by atoms with E-state index in [0.717, 1.165) is 20.1 Å². The lowest BCUT2D eigenvalue weighted by Gasteiger charge is -2.11. The van der Waals surface area contributed by atoms with Crippen molar-refractivity contribution in [3.8, 4) is 11.5 Å². The molecule has 0 atom stereocenters. The van der Waals surface area contributed by atoms with Crippen LogP contribution in [0.4, 0.5) is 0 Å². The third-order valence-corrected chi connectivity index (χ3v) is 7.61. The van der Waals surface area contributed by atoms with Gasteiger partial charge in [0.05, 0.1) is 17.2 Å². The molecular formula is C28H19BrClNO5S. The van der Waals surface area contributed by atoms with Crippen molar-refractivity contribution in [2.75, 3.05) is 6.61 Å². The zero-order valence-corrected chi connectivity index (χ0v) is 22.9. The summed E-state index contributed by atoms with van der Waals surface area (Å²) >= 11 is 11.4. The predicted octanol–water partition coefficient (Wildman–Crippen LogP) is 7.59. The van der Waals surface area contributed by atoms with Crippen LogP contribution in [-0.2, 0) is 9.53 Å². The predicted molar refractivity (Wildman–Crippen MR) is 149 cm³/mol. The van der Waals surface area contributed by atoms with E-state index in [1.807, 2.05) is 44.2 Å². The van der Waals surface area contributed by atoms with Gasteiger partial charge in [-0.15, -0.1) is 11.3 Å². The van der Waals surface area contributed by atoms with Crippen LogP contribution >= 0.6 is 38.9 Å². The molecule has 186 valence electrons. The maximum absolute atomic E-state index is 12.6. The molecule has 3 aromatic carbocycles. The summed E-state index contributed by atoms with van der Waals surface area (Å²) < 4.78 is 18.6. The first-order valence-electron chi connectivity index (χ1n) is 11.3. The number of hydrogen-bond donors (Lipinski definition) is 0. The first-order chi connectivity index (χ1) is 17.8. The van der Waals surface area contributed by atoms with E-state index in [2.05, 4.69) is 20.9 Å². The van der Waals surface area contributed by atoms with Gasteiger partial charge in [0.25, 0.3) is 0 Å². The van der Waals surface area contributed by atoms with Gasteiger partial charge in [-0.25, -0.2) is 14.6 Å². The molecule has 0 bridgehead atoms. The molecule has 0 saturated carbocycles. The highest BCUT2D eigenvalue weighted by Gasteiger charge is 2.28. The maximum Gasteiger partial charge on any atom is 0.363 e. The quantitative estimate of drug-likeness (QED) is 0.130. The number of thiophene rings is 1. The molecule has 0 unspecified atom stereocenters. The monoisotopic (exact) mass is 595 g/mol. The number of fused-ring (bicyclic) bond motifs is 1. The number of esters is 2. The lowest BCUT2D eigenvalue weighted by atomic mass is 10.1. The molecule has 0 aliphatic carbocycles. The largest absolute Gasteiger partial charge is 0.490 e. The van der Waals surface area contributed by atoms with Crippen molar-refractivity contribution in [2.45, 2.75) is 13.8 Å². The minimum Gasteiger partial charge on any atom is -0.490 e. The summed E-state index contributed by atoms with van der Waals surface area (Å²) in [4.78, 5) is 30.2. The molecule has 0 amide bonds. The number of aliphatic imine (C=N–C) groups is 1. The molecule has 9 heteroatoms. The summed E-state index contributed by atoms with van der Waals surface area (Å²) in [5.74, 6) is -0.278. The Labute approximate surface area is 230 Å². The third kappa shape index (κ3) is 5.32. The number of ether oxygens (including phenoxy) is 3. The molecule has 0 radical (unpaired) electrons. The van der Waals surface area contributed by atoms with E-state index < -0.39 is 11.9 Å². The van der Waals surface area contributed by atoms with Crippen molar-refractivity contribution in [1.29, 1.82) is 0 Å². The van der Waals surface area contributed by atoms with Crippen LogP contribution in [0.2, 0.25) is 5.02 Å². The molecule has 1 aliphatic rings. The average molecular weight is 597 g/mol. The molecule has 0 saturated heterocycles. The maximum atomic E-state index is 12.6. The van der Waals surface area contributed by atoms with Gasteiger partial charge in [-0.05, 0) is 61.9 Å². The van der Waals surface area contributed by atoms with Crippen LogP contribution in [0.5, 0.6) is 11.5 Å². The van der Waals surface area contributed by atoms with Gasteiger partial charge >= 0.3 is 11.9 Å². The first kappa shape index (κ1) is 25.2. The number of rotatable bonds is 6. The number of carbonyl (C=O) groups excluding carboxylic acids is 2. The van der Waals surface area contributed by atoms with Crippen molar-refractivity contribution in [1.82, 2.24) is 0 Å². The van der Waals surface area contributed by atoms with Crippen LogP contribution in [-0.4, -0.2) is 24.4 Å². The van der Waals surface area contributed by atoms with E-state index in [1.54, 1.807) is 36.4 Å². The SMILES string of the molecule is CCOc1cc(/C=C2/N=C(c3sc4cc(Br)ccc4c3Cl)OC2=O)ccc1OC(=O)c1ccc(C)cc1. The normalized spacial score (nSPS) is 14.1. The number of cyclic esters (lactones) is 1.